The van der Waals surface area contributed by atoms with E-state index < -0.39 is 0 Å². The van der Waals surface area contributed by atoms with Crippen LogP contribution in [0.3, 0.4) is 0 Å². The maximum absolute atomic E-state index is 4.35. The molecule has 1 aromatic carbocycles. The third-order valence-corrected chi connectivity index (χ3v) is 3.96. The Morgan fingerprint density at radius 3 is 3.00 bits per heavy atom. The predicted molar refractivity (Wildman–Crippen MR) is 77.9 cm³/mol. The number of nitrogens with one attached hydrogen (secondary N) is 1. The second kappa shape index (κ2) is 5.17. The minimum atomic E-state index is 0.556. The van der Waals surface area contributed by atoms with Crippen molar-refractivity contribution in [1.29, 1.82) is 0 Å². The van der Waals surface area contributed by atoms with Gasteiger partial charge in [-0.05, 0) is 36.6 Å². The van der Waals surface area contributed by atoms with Gasteiger partial charge >= 0.3 is 0 Å². The first kappa shape index (κ1) is 12.4. The van der Waals surface area contributed by atoms with Crippen molar-refractivity contribution in [3.63, 3.8) is 0 Å². The van der Waals surface area contributed by atoms with E-state index in [4.69, 9.17) is 0 Å². The van der Waals surface area contributed by atoms with Gasteiger partial charge in [0.1, 0.15) is 0 Å². The lowest BCUT2D eigenvalue weighted by atomic mass is 10.0. The Balaban J connectivity index is 1.98. The molecule has 0 radical (unpaired) electrons. The molecule has 3 rings (SSSR count). The number of aromatic nitrogens is 2. The minimum absolute atomic E-state index is 0.556. The summed E-state index contributed by atoms with van der Waals surface area (Å²) in [6.07, 6.45) is 5.16. The highest BCUT2D eigenvalue weighted by Gasteiger charge is 2.20. The predicted octanol–water partition coefficient (Wildman–Crippen LogP) is 3.07. The quantitative estimate of drug-likeness (QED) is 0.913. The first-order valence-corrected chi connectivity index (χ1v) is 7.09. The van der Waals surface area contributed by atoms with Gasteiger partial charge in [-0.3, -0.25) is 0 Å². The second-order valence-electron chi connectivity index (χ2n) is 5.63. The van der Waals surface area contributed by atoms with Crippen molar-refractivity contribution in [3.8, 4) is 5.69 Å². The fourth-order valence-electron chi connectivity index (χ4n) is 2.76. The van der Waals surface area contributed by atoms with Crippen LogP contribution >= 0.6 is 0 Å². The van der Waals surface area contributed by atoms with Crippen molar-refractivity contribution >= 4 is 0 Å². The van der Waals surface area contributed by atoms with E-state index in [2.05, 4.69) is 53.0 Å². The summed E-state index contributed by atoms with van der Waals surface area (Å²) in [6, 6.07) is 8.78. The van der Waals surface area contributed by atoms with Crippen molar-refractivity contribution in [2.45, 2.75) is 32.1 Å². The maximum Gasteiger partial charge on any atom is 0.0994 e. The van der Waals surface area contributed by atoms with Gasteiger partial charge in [0.25, 0.3) is 0 Å². The molecule has 3 nitrogen and oxygen atoms in total. The van der Waals surface area contributed by atoms with Crippen LogP contribution in [0.5, 0.6) is 0 Å². The summed E-state index contributed by atoms with van der Waals surface area (Å²) in [5, 5.41) is 3.43. The molecule has 3 heteroatoms. The van der Waals surface area contributed by atoms with Gasteiger partial charge in [-0.15, -0.1) is 0 Å². The molecule has 0 bridgehead atoms. The van der Waals surface area contributed by atoms with E-state index in [9.17, 15) is 0 Å². The van der Waals surface area contributed by atoms with Gasteiger partial charge < -0.3 is 9.88 Å². The van der Waals surface area contributed by atoms with E-state index in [1.165, 1.54) is 23.4 Å². The normalized spacial score (nSPS) is 19.2. The number of nitrogens with zero attached hydrogens (tertiary/aromatic N) is 2. The van der Waals surface area contributed by atoms with Crippen LogP contribution < -0.4 is 5.32 Å². The molecule has 1 aromatic heterocycles. The van der Waals surface area contributed by atoms with Gasteiger partial charge in [-0.1, -0.05) is 26.0 Å². The summed E-state index contributed by atoms with van der Waals surface area (Å²) >= 11 is 0. The van der Waals surface area contributed by atoms with Gasteiger partial charge in [0.2, 0.25) is 0 Å². The standard InChI is InChI=1S/C16H21N3/c1-12(2)13-4-3-5-15(8-13)19-11-18-10-16(19)14-6-7-17-9-14/h3-5,8,10-12,14,17H,6-7,9H2,1-2H3. The first-order valence-electron chi connectivity index (χ1n) is 7.09. The molecule has 0 amide bonds. The van der Waals surface area contributed by atoms with Crippen molar-refractivity contribution in [2.24, 2.45) is 0 Å². The number of benzene rings is 1. The Kier molecular flexibility index (Phi) is 3.38. The number of hydrogen-bond acceptors (Lipinski definition) is 2. The Bertz CT molecular complexity index is 551. The van der Waals surface area contributed by atoms with Crippen LogP contribution in [-0.2, 0) is 0 Å². The van der Waals surface area contributed by atoms with Crippen LogP contribution in [-0.4, -0.2) is 22.6 Å². The Morgan fingerprint density at radius 2 is 2.26 bits per heavy atom. The number of rotatable bonds is 3. The Morgan fingerprint density at radius 1 is 1.37 bits per heavy atom. The van der Waals surface area contributed by atoms with Crippen LogP contribution in [0.25, 0.3) is 5.69 Å². The molecule has 1 atom stereocenters. The van der Waals surface area contributed by atoms with Crippen molar-refractivity contribution in [2.75, 3.05) is 13.1 Å². The van der Waals surface area contributed by atoms with Crippen molar-refractivity contribution in [1.82, 2.24) is 14.9 Å². The highest BCUT2D eigenvalue weighted by molar-refractivity contribution is 5.39. The highest BCUT2D eigenvalue weighted by atomic mass is 15.1. The molecule has 1 aliphatic heterocycles. The molecule has 1 fully saturated rings. The lowest BCUT2D eigenvalue weighted by Crippen LogP contribution is -2.10. The molecule has 1 N–H and O–H groups in total. The van der Waals surface area contributed by atoms with Crippen molar-refractivity contribution < 1.29 is 0 Å². The molecule has 1 unspecified atom stereocenters. The molecule has 0 aliphatic carbocycles. The molecule has 0 saturated carbocycles. The Labute approximate surface area is 114 Å². The smallest absolute Gasteiger partial charge is 0.0994 e. The van der Waals surface area contributed by atoms with Crippen LogP contribution in [0.15, 0.2) is 36.8 Å². The molecule has 0 spiro atoms. The van der Waals surface area contributed by atoms with Crippen LogP contribution in [0.4, 0.5) is 0 Å². The fourth-order valence-corrected chi connectivity index (χ4v) is 2.76. The topological polar surface area (TPSA) is 29.9 Å². The average Bonchev–Trinajstić information content (AvgIpc) is 3.09. The average molecular weight is 255 g/mol. The van der Waals surface area contributed by atoms with Gasteiger partial charge in [-0.2, -0.15) is 0 Å². The molecule has 1 aliphatic rings. The first-order chi connectivity index (χ1) is 9.25. The molecule has 1 saturated heterocycles. The highest BCUT2D eigenvalue weighted by Crippen LogP contribution is 2.26. The summed E-state index contributed by atoms with van der Waals surface area (Å²) in [5.74, 6) is 1.14. The van der Waals surface area contributed by atoms with E-state index in [-0.39, 0.29) is 0 Å². The number of hydrogen-bond donors (Lipinski definition) is 1. The third kappa shape index (κ3) is 2.43. The SMILES string of the molecule is CC(C)c1cccc(-n2cncc2C2CCNC2)c1. The van der Waals surface area contributed by atoms with E-state index in [1.807, 2.05) is 12.5 Å². The lowest BCUT2D eigenvalue weighted by Gasteiger charge is -2.14. The molecular weight excluding hydrogens is 234 g/mol. The molecule has 2 aromatic rings. The monoisotopic (exact) mass is 255 g/mol. The van der Waals surface area contributed by atoms with Gasteiger partial charge in [0.15, 0.2) is 0 Å². The molecular formula is C16H21N3. The zero-order valence-electron chi connectivity index (χ0n) is 11.6. The Hall–Kier alpha value is -1.61. The number of imidazole rings is 1. The van der Waals surface area contributed by atoms with E-state index in [0.29, 0.717) is 11.8 Å². The van der Waals surface area contributed by atoms with Gasteiger partial charge in [0, 0.05) is 30.0 Å². The summed E-state index contributed by atoms with van der Waals surface area (Å²) in [5.41, 5.74) is 3.93. The van der Waals surface area contributed by atoms with Gasteiger partial charge in [-0.25, -0.2) is 4.98 Å². The minimum Gasteiger partial charge on any atom is -0.316 e. The second-order valence-corrected chi connectivity index (χ2v) is 5.63. The largest absolute Gasteiger partial charge is 0.316 e. The molecule has 19 heavy (non-hydrogen) atoms. The third-order valence-electron chi connectivity index (χ3n) is 3.96. The summed E-state index contributed by atoms with van der Waals surface area (Å²) < 4.78 is 2.24. The fraction of sp³-hybridized carbons (Fsp3) is 0.438. The van der Waals surface area contributed by atoms with E-state index >= 15 is 0 Å². The molecule has 100 valence electrons. The van der Waals surface area contributed by atoms with Crippen LogP contribution in [0.1, 0.15) is 43.4 Å². The van der Waals surface area contributed by atoms with Gasteiger partial charge in [0.05, 0.1) is 6.33 Å². The molecule has 2 heterocycles. The van der Waals surface area contributed by atoms with Crippen molar-refractivity contribution in [3.05, 3.63) is 48.0 Å². The summed E-state index contributed by atoms with van der Waals surface area (Å²) in [7, 11) is 0. The summed E-state index contributed by atoms with van der Waals surface area (Å²) in [4.78, 5) is 4.35. The van der Waals surface area contributed by atoms with Crippen LogP contribution in [0.2, 0.25) is 0 Å². The summed E-state index contributed by atoms with van der Waals surface area (Å²) in [6.45, 7) is 6.64. The van der Waals surface area contributed by atoms with E-state index in [1.54, 1.807) is 0 Å². The van der Waals surface area contributed by atoms with E-state index in [0.717, 1.165) is 13.1 Å². The maximum atomic E-state index is 4.35. The zero-order chi connectivity index (χ0) is 13.2. The lowest BCUT2D eigenvalue weighted by molar-refractivity contribution is 0.713. The zero-order valence-corrected chi connectivity index (χ0v) is 11.6. The van der Waals surface area contributed by atoms with Crippen LogP contribution in [0, 0.1) is 0 Å².